The van der Waals surface area contributed by atoms with Gasteiger partial charge in [-0.1, -0.05) is 0 Å². The zero-order valence-electron chi connectivity index (χ0n) is 7.65. The number of hydrogen-bond acceptors (Lipinski definition) is 0. The van der Waals surface area contributed by atoms with E-state index in [-0.39, 0.29) is 0 Å². The van der Waals surface area contributed by atoms with Gasteiger partial charge in [0.15, 0.2) is 0 Å². The molecule has 0 rings (SSSR count). The maximum atomic E-state index is 3.81. The summed E-state index contributed by atoms with van der Waals surface area (Å²) in [6.07, 6.45) is 5.22. The van der Waals surface area contributed by atoms with Crippen molar-refractivity contribution >= 4 is 0 Å². The molecule has 3 nitrogen and oxygen atoms in total. The first-order chi connectivity index (χ1) is 5.41. The van der Waals surface area contributed by atoms with Crippen LogP contribution in [0, 0.1) is 0 Å². The average molecular weight is 162 g/mol. The molecule has 0 spiro atoms. The Morgan fingerprint density at radius 3 is 1.55 bits per heavy atom. The van der Waals surface area contributed by atoms with Crippen LogP contribution < -0.4 is 16.8 Å². The highest BCUT2D eigenvalue weighted by Gasteiger charge is 1.91. The fraction of sp³-hybridized carbons (Fsp3) is 1.00. The van der Waals surface area contributed by atoms with Gasteiger partial charge >= 0.3 is 0 Å². The Morgan fingerprint density at radius 1 is 0.727 bits per heavy atom. The zero-order chi connectivity index (χ0) is 8.36. The number of unbranched alkanes of at least 4 members (excludes halogenated alkanes) is 2. The van der Waals surface area contributed by atoms with Gasteiger partial charge in [0.2, 0.25) is 0 Å². The zero-order valence-corrected chi connectivity index (χ0v) is 7.65. The van der Waals surface area contributed by atoms with Gasteiger partial charge < -0.3 is 16.8 Å². The highest BCUT2D eigenvalue weighted by atomic mass is 14.8. The van der Waals surface area contributed by atoms with Crippen LogP contribution in [0.5, 0.6) is 0 Å². The van der Waals surface area contributed by atoms with Crippen molar-refractivity contribution in [2.75, 3.05) is 26.2 Å². The van der Waals surface area contributed by atoms with Crippen LogP contribution in [-0.2, 0) is 0 Å². The lowest BCUT2D eigenvalue weighted by molar-refractivity contribution is -0.656. The first-order valence-corrected chi connectivity index (χ1v) is 4.82. The van der Waals surface area contributed by atoms with Crippen molar-refractivity contribution in [2.24, 2.45) is 0 Å². The largest absolute Gasteiger partial charge is 0.358 e. The third-order valence-corrected chi connectivity index (χ3v) is 1.82. The minimum atomic E-state index is 1.09. The highest BCUT2D eigenvalue weighted by Crippen LogP contribution is 1.79. The summed E-state index contributed by atoms with van der Waals surface area (Å²) in [6, 6.07) is 0. The number of rotatable bonds is 8. The average Bonchev–Trinajstić information content (AvgIpc) is 2.03. The van der Waals surface area contributed by atoms with Gasteiger partial charge in [-0.2, -0.15) is 0 Å². The summed E-state index contributed by atoms with van der Waals surface area (Å²) in [5.74, 6) is 0. The topological polar surface area (TPSA) is 71.9 Å². The van der Waals surface area contributed by atoms with E-state index in [1.54, 1.807) is 0 Å². The molecule has 0 aliphatic carbocycles. The van der Waals surface area contributed by atoms with E-state index >= 15 is 0 Å². The molecule has 0 heterocycles. The predicted octanol–water partition coefficient (Wildman–Crippen LogP) is -2.41. The summed E-state index contributed by atoms with van der Waals surface area (Å²) in [6.45, 7) is 4.75. The van der Waals surface area contributed by atoms with E-state index in [1.165, 1.54) is 38.8 Å². The predicted molar refractivity (Wildman–Crippen MR) is 45.6 cm³/mol. The number of hydrogen-bond donors (Lipinski definition) is 3. The van der Waals surface area contributed by atoms with Gasteiger partial charge in [-0.25, -0.2) is 0 Å². The third-order valence-electron chi connectivity index (χ3n) is 1.82. The molecule has 0 aromatic heterocycles. The van der Waals surface area contributed by atoms with Gasteiger partial charge in [0.05, 0.1) is 26.2 Å². The lowest BCUT2D eigenvalue weighted by Gasteiger charge is -1.98. The van der Waals surface area contributed by atoms with Crippen LogP contribution in [0.2, 0.25) is 0 Å². The van der Waals surface area contributed by atoms with Crippen molar-refractivity contribution in [1.29, 1.82) is 0 Å². The van der Waals surface area contributed by atoms with Crippen molar-refractivity contribution < 1.29 is 16.8 Å². The molecule has 3 heteroatoms. The molecule has 0 aliphatic rings. The van der Waals surface area contributed by atoms with Crippen molar-refractivity contribution in [3.63, 3.8) is 0 Å². The number of nitrogens with two attached hydrogens (primary N) is 1. The molecule has 68 valence electrons. The maximum absolute atomic E-state index is 3.81. The molecular formula is C8H24N3+3. The fourth-order valence-corrected chi connectivity index (χ4v) is 1.08. The van der Waals surface area contributed by atoms with E-state index in [0.29, 0.717) is 0 Å². The molecule has 0 radical (unpaired) electrons. The Labute approximate surface area is 69.5 Å². The molecule has 0 bridgehead atoms. The molecule has 0 amide bonds. The summed E-state index contributed by atoms with van der Waals surface area (Å²) in [4.78, 5) is 0. The van der Waals surface area contributed by atoms with Gasteiger partial charge in [0.1, 0.15) is 0 Å². The summed E-state index contributed by atoms with van der Waals surface area (Å²) in [5, 5.41) is 2.41. The Balaban J connectivity index is 2.69. The van der Waals surface area contributed by atoms with E-state index in [2.05, 4.69) is 16.8 Å². The van der Waals surface area contributed by atoms with Crippen LogP contribution in [0.1, 0.15) is 25.7 Å². The minimum absolute atomic E-state index is 1.09. The molecule has 0 saturated heterocycles. The summed E-state index contributed by atoms with van der Waals surface area (Å²) in [5.41, 5.74) is 7.62. The maximum Gasteiger partial charge on any atom is 0.0757 e. The Morgan fingerprint density at radius 2 is 1.18 bits per heavy atom. The quantitative estimate of drug-likeness (QED) is 0.333. The Kier molecular flexibility index (Phi) is 9.77. The van der Waals surface area contributed by atoms with E-state index < -0.39 is 0 Å². The normalized spacial score (nSPS) is 10.4. The molecule has 0 aliphatic heterocycles. The van der Waals surface area contributed by atoms with Crippen LogP contribution in [0.3, 0.4) is 0 Å². The van der Waals surface area contributed by atoms with Crippen LogP contribution in [0.15, 0.2) is 0 Å². The fourth-order valence-electron chi connectivity index (χ4n) is 1.08. The molecule has 0 unspecified atom stereocenters. The molecular weight excluding hydrogens is 138 g/mol. The van der Waals surface area contributed by atoms with Crippen LogP contribution >= 0.6 is 0 Å². The molecule has 8 N–H and O–H groups in total. The van der Waals surface area contributed by atoms with Crippen molar-refractivity contribution in [3.05, 3.63) is 0 Å². The monoisotopic (exact) mass is 162 g/mol. The van der Waals surface area contributed by atoms with Crippen molar-refractivity contribution in [1.82, 2.24) is 0 Å². The van der Waals surface area contributed by atoms with Crippen LogP contribution in [0.4, 0.5) is 0 Å². The molecule has 0 fully saturated rings. The standard InChI is InChI=1S/C8H21N3/c9-5-1-3-7-11-8-4-2-6-10/h11H,1-10H2/p+3. The van der Waals surface area contributed by atoms with Gasteiger partial charge in [-0.15, -0.1) is 0 Å². The van der Waals surface area contributed by atoms with Crippen molar-refractivity contribution in [3.8, 4) is 0 Å². The van der Waals surface area contributed by atoms with Gasteiger partial charge in [0, 0.05) is 25.7 Å². The second-order valence-corrected chi connectivity index (χ2v) is 2.99. The van der Waals surface area contributed by atoms with Gasteiger partial charge in [0.25, 0.3) is 0 Å². The Bertz CT molecular complexity index is 58.4. The summed E-state index contributed by atoms with van der Waals surface area (Å²) < 4.78 is 0. The van der Waals surface area contributed by atoms with Crippen molar-refractivity contribution in [2.45, 2.75) is 25.7 Å². The number of quaternary nitrogens is 3. The van der Waals surface area contributed by atoms with Gasteiger partial charge in [-0.3, -0.25) is 0 Å². The first kappa shape index (κ1) is 10.9. The third kappa shape index (κ3) is 9.88. The molecule has 0 aromatic carbocycles. The lowest BCUT2D eigenvalue weighted by atomic mass is 10.3. The highest BCUT2D eigenvalue weighted by molar-refractivity contribution is 4.33. The smallest absolute Gasteiger partial charge is 0.0757 e. The molecule has 0 aromatic rings. The van der Waals surface area contributed by atoms with E-state index in [0.717, 1.165) is 13.1 Å². The summed E-state index contributed by atoms with van der Waals surface area (Å²) >= 11 is 0. The summed E-state index contributed by atoms with van der Waals surface area (Å²) in [7, 11) is 0. The van der Waals surface area contributed by atoms with E-state index in [9.17, 15) is 0 Å². The second kappa shape index (κ2) is 9.88. The minimum Gasteiger partial charge on any atom is -0.358 e. The van der Waals surface area contributed by atoms with E-state index in [1.807, 2.05) is 0 Å². The van der Waals surface area contributed by atoms with Crippen LogP contribution in [0.25, 0.3) is 0 Å². The molecule has 11 heavy (non-hydrogen) atoms. The Hall–Kier alpha value is -0.120. The van der Waals surface area contributed by atoms with Crippen LogP contribution in [-0.4, -0.2) is 26.2 Å². The SMILES string of the molecule is [NH3+]CCCC[NH2+]CCCC[NH3+]. The van der Waals surface area contributed by atoms with E-state index in [4.69, 9.17) is 0 Å². The molecule has 0 atom stereocenters. The van der Waals surface area contributed by atoms with Gasteiger partial charge in [-0.05, 0) is 0 Å². The second-order valence-electron chi connectivity index (χ2n) is 2.99. The molecule has 0 saturated carbocycles. The lowest BCUT2D eigenvalue weighted by Crippen LogP contribution is -2.84. The first-order valence-electron chi connectivity index (χ1n) is 4.82.